The summed E-state index contributed by atoms with van der Waals surface area (Å²) in [5.74, 6) is 2.38. The van der Waals surface area contributed by atoms with Gasteiger partial charge in [-0.25, -0.2) is 0 Å². The monoisotopic (exact) mass is 239 g/mol. The average molecular weight is 239 g/mol. The Morgan fingerprint density at radius 3 is 3.06 bits per heavy atom. The van der Waals surface area contributed by atoms with Crippen molar-refractivity contribution in [2.24, 2.45) is 5.92 Å². The second kappa shape index (κ2) is 6.12. The van der Waals surface area contributed by atoms with Crippen molar-refractivity contribution in [2.45, 2.75) is 39.2 Å². The summed E-state index contributed by atoms with van der Waals surface area (Å²) < 4.78 is 10.7. The van der Waals surface area contributed by atoms with E-state index in [1.165, 1.54) is 6.42 Å². The third-order valence-electron chi connectivity index (χ3n) is 3.04. The van der Waals surface area contributed by atoms with E-state index in [4.69, 9.17) is 9.26 Å². The fourth-order valence-corrected chi connectivity index (χ4v) is 1.93. The molecule has 1 unspecified atom stereocenters. The number of hydrogen-bond donors (Lipinski definition) is 1. The Bertz CT molecular complexity index is 332. The zero-order valence-electron chi connectivity index (χ0n) is 10.6. The van der Waals surface area contributed by atoms with Crippen molar-refractivity contribution in [3.8, 4) is 0 Å². The molecule has 17 heavy (non-hydrogen) atoms. The quantitative estimate of drug-likeness (QED) is 0.766. The number of rotatable bonds is 6. The van der Waals surface area contributed by atoms with E-state index in [0.717, 1.165) is 32.0 Å². The Balaban J connectivity index is 1.63. The number of aromatic nitrogens is 2. The van der Waals surface area contributed by atoms with E-state index in [2.05, 4.69) is 15.5 Å². The molecule has 0 amide bonds. The van der Waals surface area contributed by atoms with Gasteiger partial charge in [-0.1, -0.05) is 19.0 Å². The fourth-order valence-electron chi connectivity index (χ4n) is 1.93. The summed E-state index contributed by atoms with van der Waals surface area (Å²) in [6.45, 7) is 7.57. The smallest absolute Gasteiger partial charge is 0.229 e. The van der Waals surface area contributed by atoms with Gasteiger partial charge < -0.3 is 14.6 Å². The van der Waals surface area contributed by atoms with Crippen LogP contribution in [0, 0.1) is 5.92 Å². The van der Waals surface area contributed by atoms with Crippen LogP contribution in [0.25, 0.3) is 0 Å². The Kier molecular flexibility index (Phi) is 4.50. The molecule has 0 saturated carbocycles. The lowest BCUT2D eigenvalue weighted by molar-refractivity contribution is 0.102. The number of nitrogens with zero attached hydrogens (tertiary/aromatic N) is 2. The van der Waals surface area contributed by atoms with Gasteiger partial charge in [0.25, 0.3) is 0 Å². The Morgan fingerprint density at radius 1 is 1.53 bits per heavy atom. The van der Waals surface area contributed by atoms with Crippen LogP contribution < -0.4 is 5.32 Å². The van der Waals surface area contributed by atoms with E-state index in [0.29, 0.717) is 18.3 Å². The summed E-state index contributed by atoms with van der Waals surface area (Å²) in [6, 6.07) is 0. The third-order valence-corrected chi connectivity index (χ3v) is 3.04. The van der Waals surface area contributed by atoms with Gasteiger partial charge in [0.1, 0.15) is 6.61 Å². The molecule has 1 aromatic rings. The van der Waals surface area contributed by atoms with E-state index in [1.54, 1.807) is 0 Å². The highest BCUT2D eigenvalue weighted by molar-refractivity contribution is 4.89. The van der Waals surface area contributed by atoms with Gasteiger partial charge in [0, 0.05) is 12.5 Å². The van der Waals surface area contributed by atoms with Crippen molar-refractivity contribution in [3.63, 3.8) is 0 Å². The molecule has 0 bridgehead atoms. The second-order valence-corrected chi connectivity index (χ2v) is 4.90. The lowest BCUT2D eigenvalue weighted by atomic mass is 10.1. The normalized spacial score (nSPS) is 20.3. The van der Waals surface area contributed by atoms with Gasteiger partial charge in [-0.15, -0.1) is 0 Å². The van der Waals surface area contributed by atoms with Crippen LogP contribution in [0.1, 0.15) is 44.3 Å². The van der Waals surface area contributed by atoms with E-state index in [1.807, 2.05) is 13.8 Å². The first-order valence-corrected chi connectivity index (χ1v) is 6.36. The van der Waals surface area contributed by atoms with E-state index < -0.39 is 0 Å². The van der Waals surface area contributed by atoms with Gasteiger partial charge in [0.2, 0.25) is 5.89 Å². The summed E-state index contributed by atoms with van der Waals surface area (Å²) in [7, 11) is 0. The Morgan fingerprint density at radius 2 is 2.41 bits per heavy atom. The van der Waals surface area contributed by atoms with Gasteiger partial charge >= 0.3 is 0 Å². The summed E-state index contributed by atoms with van der Waals surface area (Å²) >= 11 is 0. The first-order valence-electron chi connectivity index (χ1n) is 6.36. The highest BCUT2D eigenvalue weighted by Gasteiger charge is 2.14. The van der Waals surface area contributed by atoms with Gasteiger partial charge in [0.05, 0.1) is 0 Å². The van der Waals surface area contributed by atoms with Crippen LogP contribution in [0.4, 0.5) is 0 Å². The molecule has 0 spiro atoms. The van der Waals surface area contributed by atoms with Crippen molar-refractivity contribution >= 4 is 0 Å². The SMILES string of the molecule is CC(C)c1nc(COCCC2CCNC2)no1. The summed E-state index contributed by atoms with van der Waals surface area (Å²) in [5.41, 5.74) is 0. The molecule has 5 heteroatoms. The fraction of sp³-hybridized carbons (Fsp3) is 0.833. The number of ether oxygens (including phenoxy) is 1. The molecule has 5 nitrogen and oxygen atoms in total. The Hall–Kier alpha value is -0.940. The molecule has 0 aromatic carbocycles. The molecule has 2 rings (SSSR count). The van der Waals surface area contributed by atoms with E-state index in [9.17, 15) is 0 Å². The summed E-state index contributed by atoms with van der Waals surface area (Å²) in [6.07, 6.45) is 2.38. The maximum atomic E-state index is 5.56. The van der Waals surface area contributed by atoms with Crippen molar-refractivity contribution in [3.05, 3.63) is 11.7 Å². The minimum Gasteiger partial charge on any atom is -0.373 e. The van der Waals surface area contributed by atoms with Crippen LogP contribution in [0.3, 0.4) is 0 Å². The molecule has 0 radical (unpaired) electrons. The number of nitrogens with one attached hydrogen (secondary N) is 1. The minimum atomic E-state index is 0.279. The molecular formula is C12H21N3O2. The largest absolute Gasteiger partial charge is 0.373 e. The lowest BCUT2D eigenvalue weighted by Gasteiger charge is -2.07. The molecule has 1 fully saturated rings. The maximum absolute atomic E-state index is 5.56. The van der Waals surface area contributed by atoms with Gasteiger partial charge in [-0.2, -0.15) is 4.98 Å². The van der Waals surface area contributed by atoms with E-state index in [-0.39, 0.29) is 5.92 Å². The van der Waals surface area contributed by atoms with E-state index >= 15 is 0 Å². The molecule has 1 saturated heterocycles. The zero-order chi connectivity index (χ0) is 12.1. The highest BCUT2D eigenvalue weighted by atomic mass is 16.5. The highest BCUT2D eigenvalue weighted by Crippen LogP contribution is 2.13. The average Bonchev–Trinajstić information content (AvgIpc) is 2.96. The molecule has 0 aliphatic carbocycles. The zero-order valence-corrected chi connectivity index (χ0v) is 10.6. The predicted octanol–water partition coefficient (Wildman–Crippen LogP) is 1.71. The first kappa shape index (κ1) is 12.5. The summed E-state index contributed by atoms with van der Waals surface area (Å²) in [5, 5.41) is 7.23. The van der Waals surface area contributed by atoms with Crippen molar-refractivity contribution < 1.29 is 9.26 Å². The van der Waals surface area contributed by atoms with Gasteiger partial charge in [0.15, 0.2) is 5.82 Å². The van der Waals surface area contributed by atoms with Crippen LogP contribution in [-0.4, -0.2) is 29.8 Å². The van der Waals surface area contributed by atoms with Crippen molar-refractivity contribution in [2.75, 3.05) is 19.7 Å². The Labute approximate surface area is 102 Å². The minimum absolute atomic E-state index is 0.279. The van der Waals surface area contributed by atoms with Crippen LogP contribution in [0.15, 0.2) is 4.52 Å². The van der Waals surface area contributed by atoms with Gasteiger partial charge in [-0.3, -0.25) is 0 Å². The molecule has 1 N–H and O–H groups in total. The standard InChI is InChI=1S/C12H21N3O2/c1-9(2)12-14-11(15-17-12)8-16-6-4-10-3-5-13-7-10/h9-10,13H,3-8H2,1-2H3. The molecule has 1 atom stereocenters. The molecule has 1 aliphatic heterocycles. The maximum Gasteiger partial charge on any atom is 0.229 e. The number of hydrogen-bond acceptors (Lipinski definition) is 5. The van der Waals surface area contributed by atoms with Crippen LogP contribution in [-0.2, 0) is 11.3 Å². The second-order valence-electron chi connectivity index (χ2n) is 4.90. The van der Waals surface area contributed by atoms with Crippen molar-refractivity contribution in [1.29, 1.82) is 0 Å². The molecular weight excluding hydrogens is 218 g/mol. The first-order chi connectivity index (χ1) is 8.25. The van der Waals surface area contributed by atoms with Crippen LogP contribution >= 0.6 is 0 Å². The predicted molar refractivity (Wildman–Crippen MR) is 63.6 cm³/mol. The topological polar surface area (TPSA) is 60.2 Å². The molecule has 1 aromatic heterocycles. The lowest BCUT2D eigenvalue weighted by Crippen LogP contribution is -2.11. The van der Waals surface area contributed by atoms with Crippen molar-refractivity contribution in [1.82, 2.24) is 15.5 Å². The molecule has 1 aliphatic rings. The van der Waals surface area contributed by atoms with Crippen LogP contribution in [0.2, 0.25) is 0 Å². The van der Waals surface area contributed by atoms with Crippen LogP contribution in [0.5, 0.6) is 0 Å². The summed E-state index contributed by atoms with van der Waals surface area (Å²) in [4.78, 5) is 4.26. The third kappa shape index (κ3) is 3.78. The molecule has 2 heterocycles. The molecule has 96 valence electrons. The van der Waals surface area contributed by atoms with Gasteiger partial charge in [-0.05, 0) is 31.8 Å².